The van der Waals surface area contributed by atoms with Crippen LogP contribution in [0.5, 0.6) is 5.75 Å². The van der Waals surface area contributed by atoms with Crippen molar-refractivity contribution in [2.75, 3.05) is 0 Å². The predicted molar refractivity (Wildman–Crippen MR) is 52.8 cm³/mol. The Morgan fingerprint density at radius 3 is 2.40 bits per heavy atom. The van der Waals surface area contributed by atoms with Crippen LogP contribution in [0.2, 0.25) is 0 Å². The lowest BCUT2D eigenvalue weighted by Crippen LogP contribution is -1.91. The molecule has 0 unspecified atom stereocenters. The van der Waals surface area contributed by atoms with E-state index in [0.717, 1.165) is 5.56 Å². The molecule has 0 saturated heterocycles. The lowest BCUT2D eigenvalue weighted by atomic mass is 10.1. The molecule has 0 fully saturated rings. The van der Waals surface area contributed by atoms with Crippen molar-refractivity contribution >= 4 is 5.97 Å². The van der Waals surface area contributed by atoms with Crippen LogP contribution in [-0.2, 0) is 0 Å². The number of phenolic OH excluding ortho intramolecular Hbond substituents is 1. The van der Waals surface area contributed by atoms with Crippen molar-refractivity contribution < 1.29 is 19.4 Å². The normalized spacial score (nSPS) is 10.1. The quantitative estimate of drug-likeness (QED) is 0.787. The molecule has 0 aliphatic heterocycles. The number of carbonyl (C=O) groups is 1. The number of phenols is 1. The van der Waals surface area contributed by atoms with Crippen LogP contribution in [0.25, 0.3) is 11.3 Å². The molecule has 0 aliphatic carbocycles. The van der Waals surface area contributed by atoms with Crippen molar-refractivity contribution in [2.24, 2.45) is 0 Å². The zero-order valence-corrected chi connectivity index (χ0v) is 7.68. The topological polar surface area (TPSA) is 70.7 Å². The Balaban J connectivity index is 2.37. The van der Waals surface area contributed by atoms with Gasteiger partial charge in [-0.05, 0) is 30.3 Å². The van der Waals surface area contributed by atoms with Crippen molar-refractivity contribution in [2.45, 2.75) is 0 Å². The molecular weight excluding hydrogens is 196 g/mol. The van der Waals surface area contributed by atoms with Crippen LogP contribution < -0.4 is 0 Å². The smallest absolute Gasteiger partial charge is 0.338 e. The Bertz CT molecular complexity index is 482. The number of aromatic carboxylic acids is 1. The van der Waals surface area contributed by atoms with E-state index >= 15 is 0 Å². The summed E-state index contributed by atoms with van der Waals surface area (Å²) in [4.78, 5) is 10.6. The van der Waals surface area contributed by atoms with Crippen LogP contribution in [-0.4, -0.2) is 16.2 Å². The van der Waals surface area contributed by atoms with E-state index in [1.165, 1.54) is 24.5 Å². The minimum atomic E-state index is -1.02. The molecule has 2 aromatic rings. The van der Waals surface area contributed by atoms with Gasteiger partial charge < -0.3 is 14.6 Å². The molecule has 4 heteroatoms. The van der Waals surface area contributed by atoms with E-state index in [9.17, 15) is 4.79 Å². The molecule has 4 nitrogen and oxygen atoms in total. The highest BCUT2D eigenvalue weighted by molar-refractivity contribution is 5.88. The van der Waals surface area contributed by atoms with Gasteiger partial charge in [-0.15, -0.1) is 0 Å². The molecule has 0 spiro atoms. The standard InChI is InChI=1S/C11H8O4/c12-9-3-1-7(2-4-9)10-5-8(6-15-10)11(13)14/h1-6,12H,(H,13,14). The SMILES string of the molecule is O=C(O)c1coc(-c2ccc(O)cc2)c1. The fraction of sp³-hybridized carbons (Fsp3) is 0. The molecule has 0 amide bonds. The average Bonchev–Trinajstić information content (AvgIpc) is 2.68. The molecule has 2 N–H and O–H groups in total. The molecule has 1 aromatic carbocycles. The number of hydrogen-bond acceptors (Lipinski definition) is 3. The largest absolute Gasteiger partial charge is 0.508 e. The Hall–Kier alpha value is -2.23. The van der Waals surface area contributed by atoms with Gasteiger partial charge in [-0.1, -0.05) is 0 Å². The summed E-state index contributed by atoms with van der Waals surface area (Å²) >= 11 is 0. The number of benzene rings is 1. The molecule has 0 aliphatic rings. The molecular formula is C11H8O4. The Labute approximate surface area is 85.4 Å². The molecule has 0 radical (unpaired) electrons. The van der Waals surface area contributed by atoms with E-state index in [0.29, 0.717) is 5.76 Å². The molecule has 0 saturated carbocycles. The summed E-state index contributed by atoms with van der Waals surface area (Å²) in [5.74, 6) is -0.403. The van der Waals surface area contributed by atoms with Gasteiger partial charge in [0.25, 0.3) is 0 Å². The highest BCUT2D eigenvalue weighted by Crippen LogP contribution is 2.23. The van der Waals surface area contributed by atoms with Gasteiger partial charge in [0.15, 0.2) is 0 Å². The highest BCUT2D eigenvalue weighted by atomic mass is 16.4. The third-order valence-electron chi connectivity index (χ3n) is 2.00. The van der Waals surface area contributed by atoms with Crippen molar-refractivity contribution in [1.82, 2.24) is 0 Å². The lowest BCUT2D eigenvalue weighted by Gasteiger charge is -1.95. The number of hydrogen-bond donors (Lipinski definition) is 2. The maximum atomic E-state index is 10.6. The Kier molecular flexibility index (Phi) is 2.17. The second-order valence-corrected chi connectivity index (χ2v) is 3.05. The number of furan rings is 1. The number of aromatic hydroxyl groups is 1. The van der Waals surface area contributed by atoms with Crippen LogP contribution in [0.1, 0.15) is 10.4 Å². The third kappa shape index (κ3) is 1.83. The van der Waals surface area contributed by atoms with Crippen LogP contribution in [0.4, 0.5) is 0 Å². The van der Waals surface area contributed by atoms with E-state index in [1.807, 2.05) is 0 Å². The summed E-state index contributed by atoms with van der Waals surface area (Å²) in [5.41, 5.74) is 0.832. The third-order valence-corrected chi connectivity index (χ3v) is 2.00. The zero-order chi connectivity index (χ0) is 10.8. The van der Waals surface area contributed by atoms with Gasteiger partial charge in [0.2, 0.25) is 0 Å². The van der Waals surface area contributed by atoms with Crippen molar-refractivity contribution in [3.8, 4) is 17.1 Å². The second kappa shape index (κ2) is 3.49. The van der Waals surface area contributed by atoms with E-state index in [-0.39, 0.29) is 11.3 Å². The molecule has 15 heavy (non-hydrogen) atoms. The number of carboxylic acid groups (broad SMARTS) is 1. The Morgan fingerprint density at radius 2 is 1.87 bits per heavy atom. The first kappa shape index (κ1) is 9.33. The summed E-state index contributed by atoms with van der Waals surface area (Å²) in [5, 5.41) is 17.8. The van der Waals surface area contributed by atoms with Gasteiger partial charge in [-0.3, -0.25) is 0 Å². The predicted octanol–water partition coefficient (Wildman–Crippen LogP) is 2.35. The van der Waals surface area contributed by atoms with Crippen molar-refractivity contribution in [1.29, 1.82) is 0 Å². The minimum absolute atomic E-state index is 0.109. The lowest BCUT2D eigenvalue weighted by molar-refractivity contribution is 0.0696. The molecule has 76 valence electrons. The van der Waals surface area contributed by atoms with Crippen LogP contribution >= 0.6 is 0 Å². The summed E-state index contributed by atoms with van der Waals surface area (Å²) in [7, 11) is 0. The van der Waals surface area contributed by atoms with E-state index in [2.05, 4.69) is 0 Å². The van der Waals surface area contributed by atoms with Gasteiger partial charge in [0, 0.05) is 5.56 Å². The number of rotatable bonds is 2. The molecule has 0 bridgehead atoms. The van der Waals surface area contributed by atoms with Gasteiger partial charge in [-0.25, -0.2) is 4.79 Å². The monoisotopic (exact) mass is 204 g/mol. The first-order valence-electron chi connectivity index (χ1n) is 4.28. The van der Waals surface area contributed by atoms with Crippen molar-refractivity contribution in [3.63, 3.8) is 0 Å². The van der Waals surface area contributed by atoms with Crippen LogP contribution in [0.15, 0.2) is 41.0 Å². The van der Waals surface area contributed by atoms with Gasteiger partial charge in [-0.2, -0.15) is 0 Å². The molecule has 2 rings (SSSR count). The second-order valence-electron chi connectivity index (χ2n) is 3.05. The van der Waals surface area contributed by atoms with Crippen molar-refractivity contribution in [3.05, 3.63) is 42.2 Å². The molecule has 0 atom stereocenters. The van der Waals surface area contributed by atoms with E-state index in [1.54, 1.807) is 12.1 Å². The average molecular weight is 204 g/mol. The summed E-state index contributed by atoms with van der Waals surface area (Å²) < 4.78 is 5.09. The van der Waals surface area contributed by atoms with Gasteiger partial charge >= 0.3 is 5.97 Å². The Morgan fingerprint density at radius 1 is 1.20 bits per heavy atom. The van der Waals surface area contributed by atoms with Crippen LogP contribution in [0, 0.1) is 0 Å². The maximum absolute atomic E-state index is 10.6. The summed E-state index contributed by atoms with van der Waals surface area (Å²) in [6.45, 7) is 0. The fourth-order valence-electron chi connectivity index (χ4n) is 1.23. The molecule has 1 aromatic heterocycles. The zero-order valence-electron chi connectivity index (χ0n) is 7.68. The van der Waals surface area contributed by atoms with Crippen LogP contribution in [0.3, 0.4) is 0 Å². The van der Waals surface area contributed by atoms with E-state index < -0.39 is 5.97 Å². The first-order chi connectivity index (χ1) is 7.16. The summed E-state index contributed by atoms with van der Waals surface area (Å²) in [6.07, 6.45) is 1.19. The minimum Gasteiger partial charge on any atom is -0.508 e. The first-order valence-corrected chi connectivity index (χ1v) is 4.28. The highest BCUT2D eigenvalue weighted by Gasteiger charge is 2.09. The maximum Gasteiger partial charge on any atom is 0.338 e. The number of carboxylic acids is 1. The fourth-order valence-corrected chi connectivity index (χ4v) is 1.23. The van der Waals surface area contributed by atoms with E-state index in [4.69, 9.17) is 14.6 Å². The van der Waals surface area contributed by atoms with Gasteiger partial charge in [0.05, 0.1) is 5.56 Å². The van der Waals surface area contributed by atoms with Gasteiger partial charge in [0.1, 0.15) is 17.8 Å². The summed E-state index contributed by atoms with van der Waals surface area (Å²) in [6, 6.07) is 7.77. The molecule has 1 heterocycles.